The highest BCUT2D eigenvalue weighted by Crippen LogP contribution is 2.45. The molecule has 0 heterocycles. The van der Waals surface area contributed by atoms with Crippen molar-refractivity contribution in [2.24, 2.45) is 11.1 Å². The van der Waals surface area contributed by atoms with Gasteiger partial charge >= 0.3 is 0 Å². The lowest BCUT2D eigenvalue weighted by molar-refractivity contribution is -0.0565. The summed E-state index contributed by atoms with van der Waals surface area (Å²) in [4.78, 5) is 0. The van der Waals surface area contributed by atoms with E-state index in [-0.39, 0.29) is 17.6 Å². The Bertz CT molecular complexity index is 431. The molecule has 2 N–H and O–H groups in total. The summed E-state index contributed by atoms with van der Waals surface area (Å²) in [7, 11) is 0. The Balaban J connectivity index is 2.16. The summed E-state index contributed by atoms with van der Waals surface area (Å²) in [6.45, 7) is 8.93. The molecule has 1 aromatic carbocycles. The second kappa shape index (κ2) is 5.54. The van der Waals surface area contributed by atoms with Crippen molar-refractivity contribution in [3.05, 3.63) is 29.8 Å². The fourth-order valence-electron chi connectivity index (χ4n) is 2.89. The van der Waals surface area contributed by atoms with Gasteiger partial charge in [0, 0.05) is 17.9 Å². The van der Waals surface area contributed by atoms with E-state index in [1.54, 1.807) is 0 Å². The first-order chi connectivity index (χ1) is 9.02. The molecule has 4 unspecified atom stereocenters. The summed E-state index contributed by atoms with van der Waals surface area (Å²) in [6.07, 6.45) is 3.44. The Morgan fingerprint density at radius 2 is 2.05 bits per heavy atom. The lowest BCUT2D eigenvalue weighted by Gasteiger charge is -2.51. The van der Waals surface area contributed by atoms with Crippen LogP contribution in [0, 0.1) is 5.41 Å². The van der Waals surface area contributed by atoms with Crippen LogP contribution in [0.25, 0.3) is 0 Å². The molecule has 2 heteroatoms. The molecule has 1 aliphatic carbocycles. The first kappa shape index (κ1) is 14.4. The fourth-order valence-corrected chi connectivity index (χ4v) is 2.89. The van der Waals surface area contributed by atoms with Gasteiger partial charge in [0.1, 0.15) is 11.9 Å². The van der Waals surface area contributed by atoms with Crippen molar-refractivity contribution >= 4 is 0 Å². The minimum atomic E-state index is 0.128. The zero-order valence-electron chi connectivity index (χ0n) is 12.6. The minimum absolute atomic E-state index is 0.128. The number of hydrogen-bond donors (Lipinski definition) is 1. The van der Waals surface area contributed by atoms with Gasteiger partial charge < -0.3 is 10.5 Å². The van der Waals surface area contributed by atoms with Gasteiger partial charge in [0.05, 0.1) is 0 Å². The van der Waals surface area contributed by atoms with Crippen molar-refractivity contribution in [1.29, 1.82) is 0 Å². The molecule has 0 saturated heterocycles. The third-order valence-electron chi connectivity index (χ3n) is 5.14. The van der Waals surface area contributed by atoms with Crippen LogP contribution in [0.4, 0.5) is 0 Å². The smallest absolute Gasteiger partial charge is 0.123 e. The normalized spacial score (nSPS) is 31.6. The van der Waals surface area contributed by atoms with Crippen molar-refractivity contribution in [2.45, 2.75) is 65.0 Å². The number of benzene rings is 1. The molecule has 0 aromatic heterocycles. The van der Waals surface area contributed by atoms with E-state index in [1.807, 2.05) is 0 Å². The largest absolute Gasteiger partial charge is 0.489 e. The maximum absolute atomic E-state index is 6.30. The lowest BCUT2D eigenvalue weighted by Crippen LogP contribution is -2.61. The molecule has 0 spiro atoms. The summed E-state index contributed by atoms with van der Waals surface area (Å²) in [5.41, 5.74) is 7.61. The van der Waals surface area contributed by atoms with E-state index < -0.39 is 0 Å². The average Bonchev–Trinajstić information content (AvgIpc) is 2.45. The highest BCUT2D eigenvalue weighted by Gasteiger charge is 2.50. The molecule has 4 atom stereocenters. The van der Waals surface area contributed by atoms with E-state index in [0.29, 0.717) is 5.92 Å². The van der Waals surface area contributed by atoms with Gasteiger partial charge in [-0.05, 0) is 30.4 Å². The van der Waals surface area contributed by atoms with E-state index in [1.165, 1.54) is 5.56 Å². The quantitative estimate of drug-likeness (QED) is 0.866. The van der Waals surface area contributed by atoms with Gasteiger partial charge in [-0.3, -0.25) is 0 Å². The molecule has 2 rings (SSSR count). The highest BCUT2D eigenvalue weighted by molar-refractivity contribution is 5.36. The van der Waals surface area contributed by atoms with Crippen LogP contribution in [0.1, 0.15) is 58.4 Å². The standard InChI is InChI=1S/C17H27NO/c1-5-12(3)13-9-7-8-10-14(13)19-16-11-15(18)17(16,4)6-2/h7-10,12,15-16H,5-6,11,18H2,1-4H3. The van der Waals surface area contributed by atoms with Crippen LogP contribution < -0.4 is 10.5 Å². The van der Waals surface area contributed by atoms with Crippen LogP contribution in [-0.4, -0.2) is 12.1 Å². The maximum atomic E-state index is 6.30. The molecule has 0 aliphatic heterocycles. The second-order valence-corrected chi connectivity index (χ2v) is 6.16. The summed E-state index contributed by atoms with van der Waals surface area (Å²) in [5, 5.41) is 0. The topological polar surface area (TPSA) is 35.2 Å². The van der Waals surface area contributed by atoms with Gasteiger partial charge in [0.2, 0.25) is 0 Å². The first-order valence-corrected chi connectivity index (χ1v) is 7.54. The summed E-state index contributed by atoms with van der Waals surface area (Å²) in [6, 6.07) is 8.72. The fraction of sp³-hybridized carbons (Fsp3) is 0.647. The summed E-state index contributed by atoms with van der Waals surface area (Å²) >= 11 is 0. The number of rotatable bonds is 5. The van der Waals surface area contributed by atoms with Crippen LogP contribution in [0.15, 0.2) is 24.3 Å². The lowest BCUT2D eigenvalue weighted by atomic mass is 9.62. The number of nitrogens with two attached hydrogens (primary N) is 1. The van der Waals surface area contributed by atoms with E-state index >= 15 is 0 Å². The SMILES string of the molecule is CCC(C)c1ccccc1OC1CC(N)C1(C)CC. The molecule has 0 amide bonds. The molecule has 0 bridgehead atoms. The van der Waals surface area contributed by atoms with Crippen molar-refractivity contribution in [3.63, 3.8) is 0 Å². The van der Waals surface area contributed by atoms with Gasteiger partial charge in [-0.1, -0.05) is 45.9 Å². The van der Waals surface area contributed by atoms with Crippen LogP contribution in [0.2, 0.25) is 0 Å². The van der Waals surface area contributed by atoms with E-state index in [9.17, 15) is 0 Å². The van der Waals surface area contributed by atoms with Crippen LogP contribution in [-0.2, 0) is 0 Å². The van der Waals surface area contributed by atoms with Gasteiger partial charge in [0.25, 0.3) is 0 Å². The zero-order valence-corrected chi connectivity index (χ0v) is 12.6. The van der Waals surface area contributed by atoms with Gasteiger partial charge in [-0.2, -0.15) is 0 Å². The summed E-state index contributed by atoms with van der Waals surface area (Å²) in [5.74, 6) is 1.59. The van der Waals surface area contributed by atoms with Crippen LogP contribution >= 0.6 is 0 Å². The third-order valence-corrected chi connectivity index (χ3v) is 5.14. The average molecular weight is 261 g/mol. The van der Waals surface area contributed by atoms with Gasteiger partial charge in [-0.15, -0.1) is 0 Å². The van der Waals surface area contributed by atoms with Crippen molar-refractivity contribution in [2.75, 3.05) is 0 Å². The van der Waals surface area contributed by atoms with Gasteiger partial charge in [0.15, 0.2) is 0 Å². The minimum Gasteiger partial charge on any atom is -0.489 e. The second-order valence-electron chi connectivity index (χ2n) is 6.16. The molecule has 106 valence electrons. The number of ether oxygens (including phenoxy) is 1. The van der Waals surface area contributed by atoms with Crippen LogP contribution in [0.3, 0.4) is 0 Å². The molecule has 0 radical (unpaired) electrons. The Kier molecular flexibility index (Phi) is 4.19. The molecule has 1 aromatic rings. The maximum Gasteiger partial charge on any atom is 0.123 e. The highest BCUT2D eigenvalue weighted by atomic mass is 16.5. The van der Waals surface area contributed by atoms with E-state index in [0.717, 1.165) is 25.0 Å². The first-order valence-electron chi connectivity index (χ1n) is 7.54. The Hall–Kier alpha value is -1.02. The Morgan fingerprint density at radius 3 is 2.63 bits per heavy atom. The number of para-hydroxylation sites is 1. The molecule has 1 saturated carbocycles. The molecule has 1 fully saturated rings. The van der Waals surface area contributed by atoms with Crippen molar-refractivity contribution in [1.82, 2.24) is 0 Å². The van der Waals surface area contributed by atoms with E-state index in [2.05, 4.69) is 52.0 Å². The molecular weight excluding hydrogens is 234 g/mol. The monoisotopic (exact) mass is 261 g/mol. The van der Waals surface area contributed by atoms with E-state index in [4.69, 9.17) is 10.5 Å². The third kappa shape index (κ3) is 2.51. The molecule has 1 aliphatic rings. The molecule has 19 heavy (non-hydrogen) atoms. The predicted octanol–water partition coefficient (Wildman–Crippen LogP) is 4.09. The Labute approximate surface area is 117 Å². The Morgan fingerprint density at radius 1 is 1.37 bits per heavy atom. The van der Waals surface area contributed by atoms with Gasteiger partial charge in [-0.25, -0.2) is 0 Å². The molecular formula is C17H27NO. The zero-order chi connectivity index (χ0) is 14.0. The number of hydrogen-bond acceptors (Lipinski definition) is 2. The summed E-state index contributed by atoms with van der Waals surface area (Å²) < 4.78 is 6.30. The van der Waals surface area contributed by atoms with Crippen LogP contribution in [0.5, 0.6) is 5.75 Å². The predicted molar refractivity (Wildman–Crippen MR) is 80.6 cm³/mol. The van der Waals surface area contributed by atoms with Crippen molar-refractivity contribution < 1.29 is 4.74 Å². The van der Waals surface area contributed by atoms with Crippen molar-refractivity contribution in [3.8, 4) is 5.75 Å². The molecule has 2 nitrogen and oxygen atoms in total.